The van der Waals surface area contributed by atoms with Gasteiger partial charge in [0, 0.05) is 29.1 Å². The number of anilines is 2. The number of hydrogen-bond acceptors (Lipinski definition) is 9. The fourth-order valence-corrected chi connectivity index (χ4v) is 6.27. The van der Waals surface area contributed by atoms with Crippen LogP contribution >= 0.6 is 22.7 Å². The van der Waals surface area contributed by atoms with Crippen molar-refractivity contribution >= 4 is 51.7 Å². The Kier molecular flexibility index (Phi) is 7.26. The molecule has 2 aromatic carbocycles. The van der Waals surface area contributed by atoms with Gasteiger partial charge in [-0.15, -0.1) is 22.7 Å². The van der Waals surface area contributed by atoms with Crippen LogP contribution in [0.4, 0.5) is 11.4 Å². The second-order valence-electron chi connectivity index (χ2n) is 9.94. The van der Waals surface area contributed by atoms with Crippen molar-refractivity contribution in [3.8, 4) is 22.6 Å². The molecule has 40 heavy (non-hydrogen) atoms. The number of aliphatic hydroxyl groups excluding tert-OH is 1. The van der Waals surface area contributed by atoms with E-state index < -0.39 is 23.4 Å². The monoisotopic (exact) mass is 576 g/mol. The van der Waals surface area contributed by atoms with Crippen molar-refractivity contribution in [2.45, 2.75) is 32.4 Å². The minimum Gasteiger partial charge on any atom is -0.496 e. The molecule has 3 heterocycles. The summed E-state index contributed by atoms with van der Waals surface area (Å²) >= 11 is 2.57. The summed E-state index contributed by atoms with van der Waals surface area (Å²) in [4.78, 5) is 42.6. The number of carbonyl (C=O) groups excluding carboxylic acids is 3. The number of esters is 1. The molecule has 8 nitrogen and oxygen atoms in total. The van der Waals surface area contributed by atoms with E-state index in [0.29, 0.717) is 38.0 Å². The number of hydrogen-bond donors (Lipinski definition) is 2. The van der Waals surface area contributed by atoms with Crippen molar-refractivity contribution in [2.75, 3.05) is 24.4 Å². The number of aliphatic hydroxyl groups is 1. The maximum Gasteiger partial charge on any atom is 0.353 e. The number of methoxy groups -OCH3 is 1. The number of Topliss-reactive ketones (excluding diaryl/α,β-unsaturated/α-hetero) is 1. The number of nitrogens with zero attached hydrogens (tertiary/aromatic N) is 1. The van der Waals surface area contributed by atoms with Gasteiger partial charge >= 0.3 is 5.97 Å². The lowest BCUT2D eigenvalue weighted by atomic mass is 9.88. The van der Waals surface area contributed by atoms with Gasteiger partial charge in [-0.2, -0.15) is 0 Å². The molecular weight excluding hydrogens is 548 g/mol. The SMILES string of the molecule is COc1cc(OC(=O)c2cccs2)ccc1-c1ccc2c(c1C(O)C(=O)c1ccc(C)s1)N(C)C(=O)C(C)(C)N2. The van der Waals surface area contributed by atoms with E-state index in [4.69, 9.17) is 9.47 Å². The second-order valence-corrected chi connectivity index (χ2v) is 12.2. The average molecular weight is 577 g/mol. The predicted molar refractivity (Wildman–Crippen MR) is 157 cm³/mol. The summed E-state index contributed by atoms with van der Waals surface area (Å²) in [7, 11) is 3.12. The van der Waals surface area contributed by atoms with Gasteiger partial charge in [0.05, 0.1) is 23.4 Å². The highest BCUT2D eigenvalue weighted by Crippen LogP contribution is 2.47. The second kappa shape index (κ2) is 10.5. The van der Waals surface area contributed by atoms with E-state index in [9.17, 15) is 19.5 Å². The molecule has 4 aromatic rings. The van der Waals surface area contributed by atoms with Gasteiger partial charge in [0.2, 0.25) is 5.78 Å². The van der Waals surface area contributed by atoms with Crippen LogP contribution in [0.5, 0.6) is 11.5 Å². The zero-order valence-corrected chi connectivity index (χ0v) is 24.2. The van der Waals surface area contributed by atoms with E-state index >= 15 is 0 Å². The molecule has 1 aliphatic rings. The number of nitrogens with one attached hydrogen (secondary N) is 1. The fraction of sp³-hybridized carbons (Fsp3) is 0.233. The Morgan fingerprint density at radius 3 is 2.45 bits per heavy atom. The highest BCUT2D eigenvalue weighted by molar-refractivity contribution is 7.14. The number of ketones is 1. The van der Waals surface area contributed by atoms with Gasteiger partial charge in [0.1, 0.15) is 28.0 Å². The van der Waals surface area contributed by atoms with Crippen LogP contribution in [0.25, 0.3) is 11.1 Å². The van der Waals surface area contributed by atoms with Gasteiger partial charge < -0.3 is 24.8 Å². The highest BCUT2D eigenvalue weighted by Gasteiger charge is 2.41. The molecule has 0 saturated heterocycles. The Bertz CT molecular complexity index is 1620. The van der Waals surface area contributed by atoms with Gasteiger partial charge in [-0.25, -0.2) is 4.79 Å². The molecule has 0 bridgehead atoms. The fourth-order valence-electron chi connectivity index (χ4n) is 4.84. The molecule has 1 unspecified atom stereocenters. The van der Waals surface area contributed by atoms with Crippen molar-refractivity contribution in [3.63, 3.8) is 0 Å². The minimum absolute atomic E-state index is 0.215. The number of rotatable bonds is 7. The largest absolute Gasteiger partial charge is 0.496 e. The lowest BCUT2D eigenvalue weighted by molar-refractivity contribution is -0.121. The molecule has 0 fully saturated rings. The summed E-state index contributed by atoms with van der Waals surface area (Å²) in [5.41, 5.74) is 1.46. The molecule has 2 aromatic heterocycles. The van der Waals surface area contributed by atoms with Gasteiger partial charge in [-0.1, -0.05) is 12.1 Å². The summed E-state index contributed by atoms with van der Waals surface area (Å²) < 4.78 is 11.2. The number of amides is 1. The number of fused-ring (bicyclic) bond motifs is 1. The molecule has 0 spiro atoms. The molecule has 0 saturated carbocycles. The molecule has 1 atom stereocenters. The first-order valence-corrected chi connectivity index (χ1v) is 14.2. The first-order valence-electron chi connectivity index (χ1n) is 12.5. The maximum atomic E-state index is 13.5. The lowest BCUT2D eigenvalue weighted by Gasteiger charge is -2.40. The predicted octanol–water partition coefficient (Wildman–Crippen LogP) is 6.10. The maximum absolute atomic E-state index is 13.5. The van der Waals surface area contributed by atoms with E-state index in [2.05, 4.69) is 5.32 Å². The molecule has 0 radical (unpaired) electrons. The molecule has 0 aliphatic carbocycles. The van der Waals surface area contributed by atoms with Crippen LogP contribution in [-0.4, -0.2) is 42.5 Å². The quantitative estimate of drug-likeness (QED) is 0.156. The standard InChI is InChI=1S/C30H28N2O6S2/c1-16-8-13-22(40-16)26(33)27(34)24-19(11-12-20-25(24)32(4)29(36)30(2,3)31-20)18-10-9-17(15-21(18)37-5)38-28(35)23-7-6-14-39-23/h6-15,27,31,34H,1-5H3. The van der Waals surface area contributed by atoms with Crippen molar-refractivity contribution < 1.29 is 29.0 Å². The Labute approximate surface area is 239 Å². The first-order chi connectivity index (χ1) is 19.0. The van der Waals surface area contributed by atoms with Gasteiger partial charge in [-0.05, 0) is 68.1 Å². The summed E-state index contributed by atoms with van der Waals surface area (Å²) in [5.74, 6) is -0.533. The van der Waals surface area contributed by atoms with Crippen LogP contribution in [0.3, 0.4) is 0 Å². The zero-order chi connectivity index (χ0) is 28.8. The summed E-state index contributed by atoms with van der Waals surface area (Å²) in [6.07, 6.45) is -1.57. The molecular formula is C30H28N2O6S2. The van der Waals surface area contributed by atoms with Gasteiger partial charge in [0.15, 0.2) is 0 Å². The number of ether oxygens (including phenoxy) is 2. The average Bonchev–Trinajstić information content (AvgIpc) is 3.63. The Balaban J connectivity index is 1.65. The normalized spacial score (nSPS) is 14.8. The summed E-state index contributed by atoms with van der Waals surface area (Å²) in [6.45, 7) is 5.44. The van der Waals surface area contributed by atoms with Crippen molar-refractivity contribution in [1.82, 2.24) is 0 Å². The summed E-state index contributed by atoms with van der Waals surface area (Å²) in [5, 5.41) is 16.6. The molecule has 2 N–H and O–H groups in total. The molecule has 5 rings (SSSR count). The topological polar surface area (TPSA) is 105 Å². The zero-order valence-electron chi connectivity index (χ0n) is 22.6. The lowest BCUT2D eigenvalue weighted by Crippen LogP contribution is -2.52. The van der Waals surface area contributed by atoms with Gasteiger partial charge in [0.25, 0.3) is 5.91 Å². The Morgan fingerprint density at radius 1 is 1.05 bits per heavy atom. The highest BCUT2D eigenvalue weighted by atomic mass is 32.1. The smallest absolute Gasteiger partial charge is 0.353 e. The molecule has 1 amide bonds. The first kappa shape index (κ1) is 27.6. The number of carbonyl (C=O) groups is 3. The van der Waals surface area contributed by atoms with E-state index in [0.717, 1.165) is 4.88 Å². The van der Waals surface area contributed by atoms with Crippen molar-refractivity contribution in [2.24, 2.45) is 0 Å². The third kappa shape index (κ3) is 4.90. The number of thiophene rings is 2. The number of likely N-dealkylation sites (N-methyl/N-ethyl adjacent to an activating group) is 1. The van der Waals surface area contributed by atoms with E-state index in [1.807, 2.05) is 19.1 Å². The van der Waals surface area contributed by atoms with Crippen LogP contribution in [0.15, 0.2) is 60.0 Å². The van der Waals surface area contributed by atoms with E-state index in [1.54, 1.807) is 68.7 Å². The third-order valence-corrected chi connectivity index (χ3v) is 8.61. The van der Waals surface area contributed by atoms with Crippen molar-refractivity contribution in [3.05, 3.63) is 80.2 Å². The number of benzene rings is 2. The number of aryl methyl sites for hydroxylation is 1. The van der Waals surface area contributed by atoms with Crippen LogP contribution in [0.1, 0.15) is 49.7 Å². The van der Waals surface area contributed by atoms with Crippen LogP contribution in [-0.2, 0) is 4.79 Å². The van der Waals surface area contributed by atoms with Crippen LogP contribution < -0.4 is 19.7 Å². The van der Waals surface area contributed by atoms with Crippen molar-refractivity contribution in [1.29, 1.82) is 0 Å². The van der Waals surface area contributed by atoms with E-state index in [1.165, 1.54) is 34.7 Å². The molecule has 10 heteroatoms. The Hall–Kier alpha value is -3.99. The summed E-state index contributed by atoms with van der Waals surface area (Å²) in [6, 6.07) is 15.5. The molecule has 1 aliphatic heterocycles. The van der Waals surface area contributed by atoms with E-state index in [-0.39, 0.29) is 17.2 Å². The van der Waals surface area contributed by atoms with Crippen LogP contribution in [0.2, 0.25) is 0 Å². The minimum atomic E-state index is -1.57. The third-order valence-electron chi connectivity index (χ3n) is 6.74. The van der Waals surface area contributed by atoms with Crippen LogP contribution in [0, 0.1) is 6.92 Å². The molecule has 206 valence electrons. The van der Waals surface area contributed by atoms with Gasteiger partial charge in [-0.3, -0.25) is 9.59 Å². The Morgan fingerprint density at radius 2 is 1.80 bits per heavy atom.